The lowest BCUT2D eigenvalue weighted by molar-refractivity contribution is 1.14. The van der Waals surface area contributed by atoms with Gasteiger partial charge in [0.25, 0.3) is 0 Å². The molecule has 0 fully saturated rings. The Kier molecular flexibility index (Phi) is 3.39. The van der Waals surface area contributed by atoms with Gasteiger partial charge in [0.2, 0.25) is 0 Å². The molecule has 0 bridgehead atoms. The van der Waals surface area contributed by atoms with Gasteiger partial charge < -0.3 is 5.73 Å². The second-order valence-corrected chi connectivity index (χ2v) is 6.41. The molecule has 4 heteroatoms. The Morgan fingerprint density at radius 3 is 2.39 bits per heavy atom. The molecule has 0 amide bonds. The summed E-state index contributed by atoms with van der Waals surface area (Å²) in [6.45, 7) is 2.17. The van der Waals surface area contributed by atoms with Crippen LogP contribution in [0.25, 0.3) is 27.5 Å². The van der Waals surface area contributed by atoms with E-state index in [1.54, 1.807) is 11.3 Å². The minimum Gasteiger partial charge on any atom is -0.399 e. The van der Waals surface area contributed by atoms with Gasteiger partial charge in [0.05, 0.1) is 11.4 Å². The topological polar surface area (TPSA) is 43.3 Å². The normalized spacial score (nSPS) is 11.2. The number of nitrogen functional groups attached to an aromatic ring is 1. The molecular weight excluding hydrogens is 302 g/mol. The second kappa shape index (κ2) is 5.56. The number of nitrogens with zero attached hydrogens (tertiary/aromatic N) is 2. The summed E-state index contributed by atoms with van der Waals surface area (Å²) in [5, 5.41) is 2.14. The van der Waals surface area contributed by atoms with E-state index in [1.807, 2.05) is 24.3 Å². The SMILES string of the molecule is CCc1ccc(-c2cn3c(-c4ccc(N)cc4)csc3n2)cc1. The molecular formula is C19H17N3S. The van der Waals surface area contributed by atoms with Crippen LogP contribution in [-0.4, -0.2) is 9.38 Å². The van der Waals surface area contributed by atoms with E-state index in [9.17, 15) is 0 Å². The fraction of sp³-hybridized carbons (Fsp3) is 0.105. The van der Waals surface area contributed by atoms with Gasteiger partial charge in [0.1, 0.15) is 0 Å². The summed E-state index contributed by atoms with van der Waals surface area (Å²) < 4.78 is 2.15. The maximum Gasteiger partial charge on any atom is 0.194 e. The number of hydrogen-bond acceptors (Lipinski definition) is 3. The van der Waals surface area contributed by atoms with Crippen molar-refractivity contribution in [1.29, 1.82) is 0 Å². The highest BCUT2D eigenvalue weighted by Gasteiger charge is 2.11. The molecule has 2 heterocycles. The van der Waals surface area contributed by atoms with Crippen LogP contribution < -0.4 is 5.73 Å². The number of anilines is 1. The van der Waals surface area contributed by atoms with Gasteiger partial charge in [-0.3, -0.25) is 4.40 Å². The molecule has 0 aliphatic carbocycles. The van der Waals surface area contributed by atoms with E-state index in [0.717, 1.165) is 39.6 Å². The van der Waals surface area contributed by atoms with Gasteiger partial charge in [-0.1, -0.05) is 43.3 Å². The number of benzene rings is 2. The highest BCUT2D eigenvalue weighted by molar-refractivity contribution is 7.15. The Morgan fingerprint density at radius 2 is 1.70 bits per heavy atom. The van der Waals surface area contributed by atoms with Crippen molar-refractivity contribution < 1.29 is 0 Å². The van der Waals surface area contributed by atoms with E-state index >= 15 is 0 Å². The zero-order chi connectivity index (χ0) is 15.8. The zero-order valence-electron chi connectivity index (χ0n) is 12.9. The molecule has 0 saturated carbocycles. The number of hydrogen-bond donors (Lipinski definition) is 1. The van der Waals surface area contributed by atoms with Crippen LogP contribution in [-0.2, 0) is 6.42 Å². The van der Waals surface area contributed by atoms with Crippen molar-refractivity contribution in [2.75, 3.05) is 5.73 Å². The van der Waals surface area contributed by atoms with Crippen molar-refractivity contribution in [2.45, 2.75) is 13.3 Å². The first kappa shape index (κ1) is 14.0. The van der Waals surface area contributed by atoms with E-state index in [1.165, 1.54) is 5.56 Å². The Balaban J connectivity index is 1.77. The van der Waals surface area contributed by atoms with Crippen molar-refractivity contribution in [3.8, 4) is 22.5 Å². The predicted molar refractivity (Wildman–Crippen MR) is 97.7 cm³/mol. The third kappa shape index (κ3) is 2.51. The number of imidazole rings is 1. The minimum absolute atomic E-state index is 0.780. The van der Waals surface area contributed by atoms with Crippen LogP contribution in [0.3, 0.4) is 0 Å². The largest absolute Gasteiger partial charge is 0.399 e. The molecule has 3 nitrogen and oxygen atoms in total. The summed E-state index contributed by atoms with van der Waals surface area (Å²) in [4.78, 5) is 5.76. The molecule has 4 aromatic rings. The number of fused-ring (bicyclic) bond motifs is 1. The summed E-state index contributed by atoms with van der Waals surface area (Å²) in [5.41, 5.74) is 12.4. The van der Waals surface area contributed by atoms with Gasteiger partial charge in [0, 0.05) is 22.8 Å². The van der Waals surface area contributed by atoms with Gasteiger partial charge in [-0.2, -0.15) is 0 Å². The Morgan fingerprint density at radius 1 is 1.00 bits per heavy atom. The average Bonchev–Trinajstić information content (AvgIpc) is 3.16. The van der Waals surface area contributed by atoms with E-state index in [4.69, 9.17) is 10.7 Å². The van der Waals surface area contributed by atoms with E-state index in [0.29, 0.717) is 0 Å². The first-order valence-electron chi connectivity index (χ1n) is 7.66. The predicted octanol–water partition coefficient (Wildman–Crippen LogP) is 4.87. The molecule has 0 aliphatic heterocycles. The molecule has 0 spiro atoms. The minimum atomic E-state index is 0.780. The van der Waals surface area contributed by atoms with E-state index in [-0.39, 0.29) is 0 Å². The number of thiazole rings is 1. The number of aryl methyl sites for hydroxylation is 1. The molecule has 23 heavy (non-hydrogen) atoms. The molecule has 2 aromatic carbocycles. The maximum absolute atomic E-state index is 5.78. The van der Waals surface area contributed by atoms with Crippen LogP contribution in [0.5, 0.6) is 0 Å². The monoisotopic (exact) mass is 319 g/mol. The quantitative estimate of drug-likeness (QED) is 0.547. The summed E-state index contributed by atoms with van der Waals surface area (Å²) in [6.07, 6.45) is 3.17. The average molecular weight is 319 g/mol. The van der Waals surface area contributed by atoms with Crippen molar-refractivity contribution in [2.24, 2.45) is 0 Å². The molecule has 114 valence electrons. The van der Waals surface area contributed by atoms with Crippen molar-refractivity contribution in [3.05, 3.63) is 65.7 Å². The molecule has 2 N–H and O–H groups in total. The van der Waals surface area contributed by atoms with Gasteiger partial charge in [0.15, 0.2) is 4.96 Å². The molecule has 4 rings (SSSR count). The van der Waals surface area contributed by atoms with Crippen molar-refractivity contribution in [3.63, 3.8) is 0 Å². The lowest BCUT2D eigenvalue weighted by Crippen LogP contribution is -1.86. The Hall–Kier alpha value is -2.59. The third-order valence-electron chi connectivity index (χ3n) is 4.07. The summed E-state index contributed by atoms with van der Waals surface area (Å²) >= 11 is 1.66. The Bertz CT molecular complexity index is 947. The standard InChI is InChI=1S/C19H17N3S/c1-2-13-3-5-14(6-4-13)17-11-22-18(12-23-19(22)21-17)15-7-9-16(20)10-8-15/h3-12H,2,20H2,1H3. The molecule has 0 saturated heterocycles. The lowest BCUT2D eigenvalue weighted by atomic mass is 10.1. The highest BCUT2D eigenvalue weighted by Crippen LogP contribution is 2.29. The van der Waals surface area contributed by atoms with E-state index in [2.05, 4.69) is 47.2 Å². The van der Waals surface area contributed by atoms with Gasteiger partial charge in [-0.15, -0.1) is 11.3 Å². The number of rotatable bonds is 3. The van der Waals surface area contributed by atoms with Crippen LogP contribution in [0.2, 0.25) is 0 Å². The third-order valence-corrected chi connectivity index (χ3v) is 4.91. The molecule has 2 aromatic heterocycles. The molecule has 0 radical (unpaired) electrons. The maximum atomic E-state index is 5.78. The number of nitrogens with two attached hydrogens (primary N) is 1. The van der Waals surface area contributed by atoms with Crippen molar-refractivity contribution >= 4 is 22.0 Å². The first-order valence-corrected chi connectivity index (χ1v) is 8.54. The van der Waals surface area contributed by atoms with Gasteiger partial charge in [-0.25, -0.2) is 4.98 Å². The summed E-state index contributed by atoms with van der Waals surface area (Å²) in [7, 11) is 0. The van der Waals surface area contributed by atoms with Crippen LogP contribution in [0.4, 0.5) is 5.69 Å². The Labute approximate surface area is 139 Å². The fourth-order valence-electron chi connectivity index (χ4n) is 2.70. The smallest absolute Gasteiger partial charge is 0.194 e. The second-order valence-electron chi connectivity index (χ2n) is 5.57. The molecule has 0 atom stereocenters. The van der Waals surface area contributed by atoms with Crippen LogP contribution in [0.15, 0.2) is 60.1 Å². The van der Waals surface area contributed by atoms with Gasteiger partial charge >= 0.3 is 0 Å². The van der Waals surface area contributed by atoms with Crippen LogP contribution in [0.1, 0.15) is 12.5 Å². The first-order chi connectivity index (χ1) is 11.2. The van der Waals surface area contributed by atoms with E-state index < -0.39 is 0 Å². The number of aromatic nitrogens is 2. The lowest BCUT2D eigenvalue weighted by Gasteiger charge is -2.01. The highest BCUT2D eigenvalue weighted by atomic mass is 32.1. The van der Waals surface area contributed by atoms with Crippen molar-refractivity contribution in [1.82, 2.24) is 9.38 Å². The zero-order valence-corrected chi connectivity index (χ0v) is 13.7. The summed E-state index contributed by atoms with van der Waals surface area (Å²) in [6, 6.07) is 16.6. The van der Waals surface area contributed by atoms with Gasteiger partial charge in [-0.05, 0) is 29.7 Å². The fourth-order valence-corrected chi connectivity index (χ4v) is 3.58. The summed E-state index contributed by atoms with van der Waals surface area (Å²) in [5.74, 6) is 0. The molecule has 0 aliphatic rings. The van der Waals surface area contributed by atoms with Crippen LogP contribution in [0, 0.1) is 0 Å². The molecule has 0 unspecified atom stereocenters. The van der Waals surface area contributed by atoms with Crippen LogP contribution >= 0.6 is 11.3 Å².